The molecule has 25 heavy (non-hydrogen) atoms. The fourth-order valence-corrected chi connectivity index (χ4v) is 3.26. The lowest BCUT2D eigenvalue weighted by Gasteiger charge is -2.09. The summed E-state index contributed by atoms with van der Waals surface area (Å²) in [7, 11) is -2.03. The highest BCUT2D eigenvalue weighted by atomic mass is 32.2. The zero-order chi connectivity index (χ0) is 18.3. The molecule has 0 spiro atoms. The summed E-state index contributed by atoms with van der Waals surface area (Å²) in [5.74, 6) is -0.0341. The topological polar surface area (TPSA) is 97.4 Å². The maximum absolute atomic E-state index is 11.8. The van der Waals surface area contributed by atoms with Crippen molar-refractivity contribution < 1.29 is 17.9 Å². The molecular weight excluding hydrogens is 342 g/mol. The van der Waals surface area contributed by atoms with Crippen molar-refractivity contribution in [2.24, 2.45) is 0 Å². The van der Waals surface area contributed by atoms with E-state index in [0.29, 0.717) is 17.7 Å². The van der Waals surface area contributed by atoms with Crippen LogP contribution in [-0.4, -0.2) is 32.2 Å². The number of esters is 1. The molecule has 0 unspecified atom stereocenters. The Morgan fingerprint density at radius 1 is 1.12 bits per heavy atom. The number of aromatic nitrogens is 1. The third-order valence-electron chi connectivity index (χ3n) is 3.38. The van der Waals surface area contributed by atoms with Gasteiger partial charge in [-0.2, -0.15) is 0 Å². The first-order valence-corrected chi connectivity index (χ1v) is 9.50. The molecule has 0 saturated heterocycles. The van der Waals surface area contributed by atoms with Crippen molar-refractivity contribution in [1.29, 1.82) is 0 Å². The van der Waals surface area contributed by atoms with Crippen LogP contribution in [-0.2, 0) is 14.8 Å². The summed E-state index contributed by atoms with van der Waals surface area (Å²) in [6.07, 6.45) is 2.95. The van der Waals surface area contributed by atoms with Crippen LogP contribution in [0.1, 0.15) is 30.1 Å². The van der Waals surface area contributed by atoms with Gasteiger partial charge in [0.1, 0.15) is 5.82 Å². The minimum Gasteiger partial charge on any atom is -0.465 e. The second-order valence-electron chi connectivity index (χ2n) is 5.40. The molecule has 0 aliphatic rings. The summed E-state index contributed by atoms with van der Waals surface area (Å²) < 4.78 is 30.8. The summed E-state index contributed by atoms with van der Waals surface area (Å²) in [6, 6.07) is 10.1. The monoisotopic (exact) mass is 363 g/mol. The number of nitrogens with one attached hydrogen (secondary N) is 2. The maximum Gasteiger partial charge on any atom is 0.337 e. The van der Waals surface area contributed by atoms with Crippen molar-refractivity contribution in [3.05, 3.63) is 48.2 Å². The van der Waals surface area contributed by atoms with E-state index < -0.39 is 16.0 Å². The summed E-state index contributed by atoms with van der Waals surface area (Å²) in [6.45, 7) is 1.94. The van der Waals surface area contributed by atoms with Gasteiger partial charge in [-0.1, -0.05) is 13.3 Å². The lowest BCUT2D eigenvalue weighted by atomic mass is 10.2. The summed E-state index contributed by atoms with van der Waals surface area (Å²) in [4.78, 5) is 15.5. The van der Waals surface area contributed by atoms with Crippen LogP contribution in [0.25, 0.3) is 0 Å². The number of carbonyl (C=O) groups excluding carboxylic acids is 1. The molecule has 2 rings (SSSR count). The van der Waals surface area contributed by atoms with Crippen molar-refractivity contribution in [1.82, 2.24) is 4.98 Å². The molecule has 0 fully saturated rings. The maximum atomic E-state index is 11.8. The first kappa shape index (κ1) is 18.7. The summed E-state index contributed by atoms with van der Waals surface area (Å²) in [5.41, 5.74) is 1.93. The Balaban J connectivity index is 1.99. The van der Waals surface area contributed by atoms with Gasteiger partial charge in [-0.05, 0) is 42.8 Å². The Kier molecular flexibility index (Phi) is 6.35. The average Bonchev–Trinajstić information content (AvgIpc) is 2.61. The van der Waals surface area contributed by atoms with Crippen LogP contribution in [0.5, 0.6) is 0 Å². The van der Waals surface area contributed by atoms with E-state index in [1.165, 1.54) is 13.3 Å². The van der Waals surface area contributed by atoms with Gasteiger partial charge in [0.25, 0.3) is 0 Å². The second-order valence-corrected chi connectivity index (χ2v) is 7.24. The largest absolute Gasteiger partial charge is 0.465 e. The van der Waals surface area contributed by atoms with Crippen LogP contribution in [0.3, 0.4) is 0 Å². The second kappa shape index (κ2) is 8.48. The molecule has 2 N–H and O–H groups in total. The number of ether oxygens (including phenoxy) is 1. The third kappa shape index (κ3) is 5.75. The fraction of sp³-hybridized carbons (Fsp3) is 0.294. The molecular formula is C17H21N3O4S. The number of carbonyl (C=O) groups is 1. The molecule has 0 radical (unpaired) electrons. The van der Waals surface area contributed by atoms with Crippen LogP contribution in [0.2, 0.25) is 0 Å². The van der Waals surface area contributed by atoms with E-state index in [4.69, 9.17) is 0 Å². The molecule has 1 aromatic carbocycles. The number of hydrogen-bond acceptors (Lipinski definition) is 6. The lowest BCUT2D eigenvalue weighted by molar-refractivity contribution is 0.0601. The van der Waals surface area contributed by atoms with E-state index in [-0.39, 0.29) is 11.6 Å². The Morgan fingerprint density at radius 2 is 1.80 bits per heavy atom. The highest BCUT2D eigenvalue weighted by Gasteiger charge is 2.10. The quantitative estimate of drug-likeness (QED) is 0.699. The standard InChI is InChI=1S/C17H21N3O4S/c1-3-4-11-25(22,23)20-16-10-9-15(12-18-16)19-14-7-5-13(6-8-14)17(21)24-2/h5-10,12,19H,3-4,11H2,1-2H3,(H,18,20). The molecule has 7 nitrogen and oxygen atoms in total. The van der Waals surface area contributed by atoms with Gasteiger partial charge in [0.2, 0.25) is 10.0 Å². The number of hydrogen-bond donors (Lipinski definition) is 2. The first-order chi connectivity index (χ1) is 11.9. The highest BCUT2D eigenvalue weighted by molar-refractivity contribution is 7.92. The number of unbranched alkanes of at least 4 members (excludes halogenated alkanes) is 1. The Morgan fingerprint density at radius 3 is 2.36 bits per heavy atom. The minimum absolute atomic E-state index is 0.0811. The Bertz CT molecular complexity index is 803. The molecule has 0 saturated carbocycles. The van der Waals surface area contributed by atoms with Crippen LogP contribution in [0, 0.1) is 0 Å². The number of sulfonamides is 1. The molecule has 0 atom stereocenters. The van der Waals surface area contributed by atoms with Crippen LogP contribution >= 0.6 is 0 Å². The van der Waals surface area contributed by atoms with Gasteiger partial charge in [0.15, 0.2) is 0 Å². The van der Waals surface area contributed by atoms with E-state index in [0.717, 1.165) is 12.1 Å². The molecule has 0 aliphatic heterocycles. The SMILES string of the molecule is CCCCS(=O)(=O)Nc1ccc(Nc2ccc(C(=O)OC)cc2)cn1. The summed E-state index contributed by atoms with van der Waals surface area (Å²) >= 11 is 0. The van der Waals surface area contributed by atoms with E-state index in [1.54, 1.807) is 36.4 Å². The van der Waals surface area contributed by atoms with E-state index >= 15 is 0 Å². The predicted octanol–water partition coefficient (Wildman–Crippen LogP) is 3.15. The lowest BCUT2D eigenvalue weighted by Crippen LogP contribution is -2.17. The van der Waals surface area contributed by atoms with E-state index in [9.17, 15) is 13.2 Å². The van der Waals surface area contributed by atoms with Crippen molar-refractivity contribution in [3.63, 3.8) is 0 Å². The molecule has 1 aromatic heterocycles. The van der Waals surface area contributed by atoms with E-state index in [2.05, 4.69) is 19.8 Å². The van der Waals surface area contributed by atoms with Crippen LogP contribution in [0.4, 0.5) is 17.2 Å². The molecule has 0 bridgehead atoms. The average molecular weight is 363 g/mol. The van der Waals surface area contributed by atoms with Gasteiger partial charge in [0.05, 0.1) is 30.3 Å². The number of nitrogens with zero attached hydrogens (tertiary/aromatic N) is 1. The van der Waals surface area contributed by atoms with Crippen LogP contribution in [0.15, 0.2) is 42.6 Å². The third-order valence-corrected chi connectivity index (χ3v) is 4.73. The van der Waals surface area contributed by atoms with Gasteiger partial charge in [-0.15, -0.1) is 0 Å². The van der Waals surface area contributed by atoms with Crippen molar-refractivity contribution in [2.45, 2.75) is 19.8 Å². The zero-order valence-electron chi connectivity index (χ0n) is 14.2. The number of pyridine rings is 1. The van der Waals surface area contributed by atoms with Gasteiger partial charge >= 0.3 is 5.97 Å². The molecule has 2 aromatic rings. The normalized spacial score (nSPS) is 11.0. The van der Waals surface area contributed by atoms with E-state index in [1.807, 2.05) is 6.92 Å². The van der Waals surface area contributed by atoms with Gasteiger partial charge in [-0.25, -0.2) is 18.2 Å². The first-order valence-electron chi connectivity index (χ1n) is 7.85. The van der Waals surface area contributed by atoms with Crippen molar-refractivity contribution in [2.75, 3.05) is 22.9 Å². The molecule has 134 valence electrons. The fourth-order valence-electron chi connectivity index (χ4n) is 2.05. The molecule has 0 amide bonds. The van der Waals surface area contributed by atoms with Crippen LogP contribution < -0.4 is 10.0 Å². The highest BCUT2D eigenvalue weighted by Crippen LogP contribution is 2.18. The molecule has 0 aliphatic carbocycles. The van der Waals surface area contributed by atoms with Gasteiger partial charge < -0.3 is 10.1 Å². The van der Waals surface area contributed by atoms with Crippen molar-refractivity contribution >= 4 is 33.2 Å². The number of anilines is 3. The number of rotatable bonds is 8. The predicted molar refractivity (Wildman–Crippen MR) is 97.6 cm³/mol. The number of benzene rings is 1. The van der Waals surface area contributed by atoms with Gasteiger partial charge in [0, 0.05) is 5.69 Å². The zero-order valence-corrected chi connectivity index (χ0v) is 15.0. The number of methoxy groups -OCH3 is 1. The Hall–Kier alpha value is -2.61. The molecule has 8 heteroatoms. The minimum atomic E-state index is -3.36. The molecule has 1 heterocycles. The Labute approximate surface area is 147 Å². The smallest absolute Gasteiger partial charge is 0.337 e. The van der Waals surface area contributed by atoms with Gasteiger partial charge in [-0.3, -0.25) is 4.72 Å². The van der Waals surface area contributed by atoms with Crippen molar-refractivity contribution in [3.8, 4) is 0 Å². The summed E-state index contributed by atoms with van der Waals surface area (Å²) in [5, 5.41) is 3.12.